The fourth-order valence-electron chi connectivity index (χ4n) is 3.58. The molecule has 0 spiro atoms. The first-order valence-corrected chi connectivity index (χ1v) is 7.80. The number of amides is 1. The molecule has 0 fully saturated rings. The number of carbonyl (C=O) groups is 1. The molecule has 114 valence electrons. The lowest BCUT2D eigenvalue weighted by atomic mass is 10.0. The number of nitrogens with zero attached hydrogens (tertiary/aromatic N) is 3. The molecule has 1 N–H and O–H groups in total. The molecule has 4 rings (SSSR count). The highest BCUT2D eigenvalue weighted by atomic mass is 16.2. The lowest BCUT2D eigenvalue weighted by Crippen LogP contribution is -2.45. The molecule has 0 bridgehead atoms. The number of fused-ring (bicyclic) bond motifs is 3. The molecule has 5 nitrogen and oxygen atoms in total. The van der Waals surface area contributed by atoms with Gasteiger partial charge in [-0.15, -0.1) is 0 Å². The number of aromatic nitrogens is 1. The van der Waals surface area contributed by atoms with Gasteiger partial charge >= 0.3 is 0 Å². The van der Waals surface area contributed by atoms with E-state index in [9.17, 15) is 4.79 Å². The lowest BCUT2D eigenvalue weighted by molar-refractivity contribution is 0.0727. The summed E-state index contributed by atoms with van der Waals surface area (Å²) in [5, 5.41) is 4.26. The second kappa shape index (κ2) is 4.87. The van der Waals surface area contributed by atoms with Crippen LogP contribution in [-0.4, -0.2) is 46.9 Å². The van der Waals surface area contributed by atoms with Gasteiger partial charge in [-0.2, -0.15) is 0 Å². The normalized spacial score (nSPS) is 23.9. The third-order valence-corrected chi connectivity index (χ3v) is 4.94. The molecular weight excluding hydrogens is 276 g/mol. The first-order chi connectivity index (χ1) is 10.7. The number of aliphatic imine (C=N–C) groups is 1. The SMILES string of the molecule is CC1NC=NC1CN1CCc2c(c3ccccc3n2C)C1=O. The number of hydrogen-bond donors (Lipinski definition) is 1. The predicted octanol–water partition coefficient (Wildman–Crippen LogP) is 1.57. The molecule has 1 aromatic heterocycles. The summed E-state index contributed by atoms with van der Waals surface area (Å²) >= 11 is 0. The molecule has 0 saturated heterocycles. The summed E-state index contributed by atoms with van der Waals surface area (Å²) in [5.41, 5.74) is 3.17. The molecule has 2 unspecified atom stereocenters. The Kier molecular flexibility index (Phi) is 2.96. The van der Waals surface area contributed by atoms with Crippen LogP contribution in [0.1, 0.15) is 23.0 Å². The monoisotopic (exact) mass is 296 g/mol. The van der Waals surface area contributed by atoms with Gasteiger partial charge in [0.25, 0.3) is 5.91 Å². The van der Waals surface area contributed by atoms with E-state index in [2.05, 4.69) is 34.9 Å². The Morgan fingerprint density at radius 2 is 2.18 bits per heavy atom. The maximum absolute atomic E-state index is 13.0. The van der Waals surface area contributed by atoms with Gasteiger partial charge in [-0.3, -0.25) is 9.79 Å². The van der Waals surface area contributed by atoms with Gasteiger partial charge < -0.3 is 14.8 Å². The summed E-state index contributed by atoms with van der Waals surface area (Å²) in [5.74, 6) is 0.146. The molecule has 1 amide bonds. The van der Waals surface area contributed by atoms with Crippen molar-refractivity contribution in [1.29, 1.82) is 0 Å². The van der Waals surface area contributed by atoms with Gasteiger partial charge in [0.2, 0.25) is 0 Å². The Labute approximate surface area is 129 Å². The van der Waals surface area contributed by atoms with Crippen LogP contribution < -0.4 is 5.32 Å². The van der Waals surface area contributed by atoms with Crippen LogP contribution >= 0.6 is 0 Å². The number of hydrogen-bond acceptors (Lipinski definition) is 3. The van der Waals surface area contributed by atoms with E-state index < -0.39 is 0 Å². The zero-order valence-corrected chi connectivity index (χ0v) is 12.9. The summed E-state index contributed by atoms with van der Waals surface area (Å²) in [6.07, 6.45) is 2.66. The topological polar surface area (TPSA) is 49.6 Å². The highest BCUT2D eigenvalue weighted by Crippen LogP contribution is 2.30. The van der Waals surface area contributed by atoms with Crippen molar-refractivity contribution in [2.75, 3.05) is 13.1 Å². The molecule has 2 aromatic rings. The number of benzene rings is 1. The van der Waals surface area contributed by atoms with Crippen molar-refractivity contribution in [1.82, 2.24) is 14.8 Å². The van der Waals surface area contributed by atoms with Gasteiger partial charge in [0, 0.05) is 49.2 Å². The van der Waals surface area contributed by atoms with Crippen LogP contribution in [0.5, 0.6) is 0 Å². The standard InChI is InChI=1S/C17H20N4O/c1-11-13(19-10-18-11)9-21-8-7-15-16(17(21)22)12-5-3-4-6-14(12)20(15)2/h3-6,10-11,13H,7-9H2,1-2H3,(H,18,19). The van der Waals surface area contributed by atoms with Gasteiger partial charge in [-0.25, -0.2) is 0 Å². The fraction of sp³-hybridized carbons (Fsp3) is 0.412. The molecule has 3 heterocycles. The summed E-state index contributed by atoms with van der Waals surface area (Å²) < 4.78 is 2.16. The summed E-state index contributed by atoms with van der Waals surface area (Å²) in [6, 6.07) is 8.60. The summed E-state index contributed by atoms with van der Waals surface area (Å²) in [6.45, 7) is 3.57. The van der Waals surface area contributed by atoms with E-state index in [-0.39, 0.29) is 11.9 Å². The van der Waals surface area contributed by atoms with Crippen LogP contribution in [0.3, 0.4) is 0 Å². The number of para-hydroxylation sites is 1. The molecule has 2 aliphatic heterocycles. The van der Waals surface area contributed by atoms with E-state index in [0.29, 0.717) is 12.6 Å². The zero-order valence-electron chi connectivity index (χ0n) is 12.9. The van der Waals surface area contributed by atoms with Gasteiger partial charge in [-0.1, -0.05) is 18.2 Å². The third-order valence-electron chi connectivity index (χ3n) is 4.94. The smallest absolute Gasteiger partial charge is 0.256 e. The van der Waals surface area contributed by atoms with Crippen LogP contribution in [-0.2, 0) is 13.5 Å². The van der Waals surface area contributed by atoms with Gasteiger partial charge in [0.1, 0.15) is 0 Å². The van der Waals surface area contributed by atoms with Gasteiger partial charge in [0.15, 0.2) is 0 Å². The Morgan fingerprint density at radius 3 is 2.95 bits per heavy atom. The highest BCUT2D eigenvalue weighted by molar-refractivity contribution is 6.09. The Bertz CT molecular complexity index is 776. The molecule has 0 saturated carbocycles. The Balaban J connectivity index is 1.71. The van der Waals surface area contributed by atoms with Crippen molar-refractivity contribution in [3.8, 4) is 0 Å². The molecule has 22 heavy (non-hydrogen) atoms. The van der Waals surface area contributed by atoms with Gasteiger partial charge in [-0.05, 0) is 13.0 Å². The van der Waals surface area contributed by atoms with Crippen molar-refractivity contribution < 1.29 is 4.79 Å². The maximum atomic E-state index is 13.0. The summed E-state index contributed by atoms with van der Waals surface area (Å²) in [7, 11) is 2.05. The molecule has 5 heteroatoms. The highest BCUT2D eigenvalue weighted by Gasteiger charge is 2.32. The zero-order chi connectivity index (χ0) is 15.3. The molecule has 0 aliphatic carbocycles. The van der Waals surface area contributed by atoms with Crippen LogP contribution in [0.4, 0.5) is 0 Å². The third kappa shape index (κ3) is 1.85. The molecule has 2 aliphatic rings. The van der Waals surface area contributed by atoms with E-state index in [1.807, 2.05) is 23.1 Å². The predicted molar refractivity (Wildman–Crippen MR) is 87.4 cm³/mol. The molecule has 1 aromatic carbocycles. The summed E-state index contributed by atoms with van der Waals surface area (Å²) in [4.78, 5) is 19.4. The minimum atomic E-state index is 0.146. The van der Waals surface area contributed by atoms with E-state index >= 15 is 0 Å². The quantitative estimate of drug-likeness (QED) is 0.914. The average molecular weight is 296 g/mol. The number of aryl methyl sites for hydroxylation is 1. The number of rotatable bonds is 2. The van der Waals surface area contributed by atoms with Gasteiger partial charge in [0.05, 0.1) is 17.9 Å². The largest absolute Gasteiger partial charge is 0.372 e. The van der Waals surface area contributed by atoms with Crippen LogP contribution in [0.15, 0.2) is 29.3 Å². The fourth-order valence-corrected chi connectivity index (χ4v) is 3.58. The van der Waals surface area contributed by atoms with E-state index in [4.69, 9.17) is 0 Å². The maximum Gasteiger partial charge on any atom is 0.256 e. The van der Waals surface area contributed by atoms with Crippen molar-refractivity contribution in [2.24, 2.45) is 12.0 Å². The Morgan fingerprint density at radius 1 is 1.36 bits per heavy atom. The second-order valence-corrected chi connectivity index (χ2v) is 6.20. The second-order valence-electron chi connectivity index (χ2n) is 6.20. The first kappa shape index (κ1) is 13.4. The number of nitrogens with one attached hydrogen (secondary N) is 1. The van der Waals surface area contributed by atoms with Crippen molar-refractivity contribution in [2.45, 2.75) is 25.4 Å². The lowest BCUT2D eigenvalue weighted by Gasteiger charge is -2.30. The van der Waals surface area contributed by atoms with Crippen LogP contribution in [0.25, 0.3) is 10.9 Å². The van der Waals surface area contributed by atoms with E-state index in [1.54, 1.807) is 6.34 Å². The molecular formula is C17H20N4O. The van der Waals surface area contributed by atoms with E-state index in [0.717, 1.165) is 35.1 Å². The molecule has 2 atom stereocenters. The number of carbonyl (C=O) groups excluding carboxylic acids is 1. The van der Waals surface area contributed by atoms with Crippen molar-refractivity contribution in [3.05, 3.63) is 35.5 Å². The van der Waals surface area contributed by atoms with Crippen LogP contribution in [0, 0.1) is 0 Å². The van der Waals surface area contributed by atoms with Crippen molar-refractivity contribution in [3.63, 3.8) is 0 Å². The minimum absolute atomic E-state index is 0.146. The van der Waals surface area contributed by atoms with Crippen molar-refractivity contribution >= 4 is 23.1 Å². The average Bonchev–Trinajstić information content (AvgIpc) is 3.05. The molecule has 0 radical (unpaired) electrons. The minimum Gasteiger partial charge on any atom is -0.372 e. The van der Waals surface area contributed by atoms with Crippen LogP contribution in [0.2, 0.25) is 0 Å². The van der Waals surface area contributed by atoms with E-state index in [1.165, 1.54) is 0 Å². The Hall–Kier alpha value is -2.30. The first-order valence-electron chi connectivity index (χ1n) is 7.80.